The first kappa shape index (κ1) is 26.1. The Balaban J connectivity index is 0.00000420. The predicted octanol–water partition coefficient (Wildman–Crippen LogP) is 3.46. The van der Waals surface area contributed by atoms with Gasteiger partial charge in [-0.1, -0.05) is 37.3 Å². The number of halogens is 1. The Morgan fingerprint density at radius 1 is 1.24 bits per heavy atom. The summed E-state index contributed by atoms with van der Waals surface area (Å²) in [6, 6.07) is 10.3. The number of hydrogen-bond acceptors (Lipinski definition) is 4. The minimum atomic E-state index is 0. The Kier molecular flexibility index (Phi) is 15.2. The largest absolute Gasteiger partial charge is 0.381 e. The topological polar surface area (TPSA) is 64.1 Å². The normalized spacial score (nSPS) is 17.6. The third-order valence-corrected chi connectivity index (χ3v) is 4.55. The fourth-order valence-electron chi connectivity index (χ4n) is 2.94. The Labute approximate surface area is 193 Å². The van der Waals surface area contributed by atoms with Crippen molar-refractivity contribution in [2.24, 2.45) is 16.8 Å². The van der Waals surface area contributed by atoms with Crippen LogP contribution in [0, 0.1) is 11.8 Å². The first-order valence-electron chi connectivity index (χ1n) is 10.6. The molecule has 2 atom stereocenters. The molecule has 1 aliphatic heterocycles. The lowest BCUT2D eigenvalue weighted by Gasteiger charge is -2.14. The van der Waals surface area contributed by atoms with Crippen molar-refractivity contribution >= 4 is 29.9 Å². The monoisotopic (exact) mass is 519 g/mol. The fourth-order valence-corrected chi connectivity index (χ4v) is 2.94. The number of guanidine groups is 1. The van der Waals surface area contributed by atoms with Gasteiger partial charge in [0.25, 0.3) is 0 Å². The summed E-state index contributed by atoms with van der Waals surface area (Å²) >= 11 is 0. The number of rotatable bonds is 13. The number of nitrogens with zero attached hydrogens (tertiary/aromatic N) is 1. The molecule has 2 rings (SSSR count). The van der Waals surface area contributed by atoms with E-state index in [9.17, 15) is 0 Å². The van der Waals surface area contributed by atoms with Crippen LogP contribution in [-0.2, 0) is 20.8 Å². The molecule has 6 nitrogen and oxygen atoms in total. The summed E-state index contributed by atoms with van der Waals surface area (Å²) in [4.78, 5) is 4.68. The van der Waals surface area contributed by atoms with E-state index < -0.39 is 0 Å². The van der Waals surface area contributed by atoms with Gasteiger partial charge in [-0.15, -0.1) is 24.0 Å². The van der Waals surface area contributed by atoms with E-state index in [1.165, 1.54) is 5.56 Å². The highest BCUT2D eigenvalue weighted by Crippen LogP contribution is 2.12. The van der Waals surface area contributed by atoms with Crippen molar-refractivity contribution in [2.45, 2.75) is 33.3 Å². The summed E-state index contributed by atoms with van der Waals surface area (Å²) < 4.78 is 16.9. The van der Waals surface area contributed by atoms with Crippen molar-refractivity contribution in [3.05, 3.63) is 35.9 Å². The van der Waals surface area contributed by atoms with Gasteiger partial charge in [0.05, 0.1) is 26.4 Å². The second-order valence-electron chi connectivity index (χ2n) is 7.41. The molecular formula is C22H38IN3O3. The van der Waals surface area contributed by atoms with Crippen LogP contribution in [0.2, 0.25) is 0 Å². The molecule has 29 heavy (non-hydrogen) atoms. The van der Waals surface area contributed by atoms with E-state index in [1.807, 2.05) is 18.2 Å². The molecule has 2 N–H and O–H groups in total. The van der Waals surface area contributed by atoms with E-state index in [4.69, 9.17) is 14.2 Å². The average Bonchev–Trinajstić information content (AvgIpc) is 3.23. The summed E-state index contributed by atoms with van der Waals surface area (Å²) in [5.74, 6) is 1.81. The second kappa shape index (κ2) is 16.8. The maximum Gasteiger partial charge on any atom is 0.191 e. The highest BCUT2D eigenvalue weighted by atomic mass is 127. The third kappa shape index (κ3) is 12.4. The number of ether oxygens (including phenoxy) is 3. The van der Waals surface area contributed by atoms with E-state index in [-0.39, 0.29) is 24.0 Å². The molecule has 1 saturated heterocycles. The van der Waals surface area contributed by atoms with Crippen molar-refractivity contribution in [1.82, 2.24) is 10.6 Å². The van der Waals surface area contributed by atoms with Gasteiger partial charge in [-0.2, -0.15) is 0 Å². The molecule has 2 unspecified atom stereocenters. The molecule has 1 aromatic rings. The van der Waals surface area contributed by atoms with Gasteiger partial charge in [0.2, 0.25) is 0 Å². The number of hydrogen-bond donors (Lipinski definition) is 2. The average molecular weight is 519 g/mol. The molecule has 0 aromatic heterocycles. The van der Waals surface area contributed by atoms with Crippen molar-refractivity contribution in [2.75, 3.05) is 52.7 Å². The standard InChI is InChI=1S/C22H37N3O3.HI/c1-3-23-22(24-11-7-12-26-17-21-10-13-27-18-21)25-14-19(2)15-28-16-20-8-5-4-6-9-20;/h4-6,8-9,19,21H,3,7,10-18H2,1-2H3,(H2,23,24,25);1H. The zero-order chi connectivity index (χ0) is 19.9. The van der Waals surface area contributed by atoms with Crippen LogP contribution in [0.4, 0.5) is 0 Å². The highest BCUT2D eigenvalue weighted by molar-refractivity contribution is 14.0. The van der Waals surface area contributed by atoms with Gasteiger partial charge >= 0.3 is 0 Å². The Hall–Kier alpha value is -0.900. The van der Waals surface area contributed by atoms with Gasteiger partial charge in [-0.25, -0.2) is 0 Å². The lowest BCUT2D eigenvalue weighted by atomic mass is 10.1. The predicted molar refractivity (Wildman–Crippen MR) is 129 cm³/mol. The van der Waals surface area contributed by atoms with Gasteiger partial charge in [0, 0.05) is 38.8 Å². The van der Waals surface area contributed by atoms with Crippen LogP contribution in [0.1, 0.15) is 32.3 Å². The maximum absolute atomic E-state index is 5.81. The van der Waals surface area contributed by atoms with Crippen molar-refractivity contribution < 1.29 is 14.2 Å². The number of benzene rings is 1. The van der Waals surface area contributed by atoms with Gasteiger partial charge in [-0.3, -0.25) is 4.99 Å². The van der Waals surface area contributed by atoms with Gasteiger partial charge < -0.3 is 24.8 Å². The number of nitrogens with one attached hydrogen (secondary N) is 2. The van der Waals surface area contributed by atoms with Crippen LogP contribution < -0.4 is 10.6 Å². The molecule has 7 heteroatoms. The van der Waals surface area contributed by atoms with Crippen LogP contribution >= 0.6 is 24.0 Å². The van der Waals surface area contributed by atoms with Crippen LogP contribution in [0.3, 0.4) is 0 Å². The molecule has 1 aromatic carbocycles. The van der Waals surface area contributed by atoms with Crippen LogP contribution in [0.25, 0.3) is 0 Å². The molecule has 1 aliphatic rings. The number of aliphatic imine (C=N–C) groups is 1. The van der Waals surface area contributed by atoms with E-state index >= 15 is 0 Å². The molecule has 0 amide bonds. The smallest absolute Gasteiger partial charge is 0.191 e. The van der Waals surface area contributed by atoms with E-state index in [1.54, 1.807) is 0 Å². The van der Waals surface area contributed by atoms with Crippen LogP contribution in [0.15, 0.2) is 35.3 Å². The Morgan fingerprint density at radius 3 is 2.79 bits per heavy atom. The van der Waals surface area contributed by atoms with E-state index in [2.05, 4.69) is 41.6 Å². The molecule has 0 saturated carbocycles. The molecule has 1 heterocycles. The SMILES string of the molecule is CCNC(=NCC(C)COCc1ccccc1)NCCCOCC1CCOC1.I. The zero-order valence-electron chi connectivity index (χ0n) is 17.9. The minimum Gasteiger partial charge on any atom is -0.381 e. The van der Waals surface area contributed by atoms with Crippen molar-refractivity contribution in [1.29, 1.82) is 0 Å². The van der Waals surface area contributed by atoms with Crippen LogP contribution in [-0.4, -0.2) is 58.6 Å². The maximum atomic E-state index is 5.81. The summed E-state index contributed by atoms with van der Waals surface area (Å²) in [5.41, 5.74) is 1.20. The second-order valence-corrected chi connectivity index (χ2v) is 7.41. The summed E-state index contributed by atoms with van der Waals surface area (Å²) in [6.45, 7) is 11.4. The van der Waals surface area contributed by atoms with Gasteiger partial charge in [-0.05, 0) is 31.2 Å². The molecule has 1 fully saturated rings. The van der Waals surface area contributed by atoms with Gasteiger partial charge in [0.1, 0.15) is 0 Å². The lowest BCUT2D eigenvalue weighted by molar-refractivity contribution is 0.0888. The summed E-state index contributed by atoms with van der Waals surface area (Å²) in [7, 11) is 0. The van der Waals surface area contributed by atoms with Crippen molar-refractivity contribution in [3.8, 4) is 0 Å². The quantitative estimate of drug-likeness (QED) is 0.181. The lowest BCUT2D eigenvalue weighted by Crippen LogP contribution is -2.38. The summed E-state index contributed by atoms with van der Waals surface area (Å²) in [5, 5.41) is 6.68. The zero-order valence-corrected chi connectivity index (χ0v) is 20.2. The van der Waals surface area contributed by atoms with E-state index in [0.29, 0.717) is 25.0 Å². The Bertz CT molecular complexity index is 539. The molecule has 0 aliphatic carbocycles. The Morgan fingerprint density at radius 2 is 2.07 bits per heavy atom. The molecule has 166 valence electrons. The molecule has 0 spiro atoms. The van der Waals surface area contributed by atoms with Crippen LogP contribution in [0.5, 0.6) is 0 Å². The third-order valence-electron chi connectivity index (χ3n) is 4.55. The molecule has 0 radical (unpaired) electrons. The highest BCUT2D eigenvalue weighted by Gasteiger charge is 2.15. The molecular weight excluding hydrogens is 481 g/mol. The van der Waals surface area contributed by atoms with Crippen molar-refractivity contribution in [3.63, 3.8) is 0 Å². The van der Waals surface area contributed by atoms with E-state index in [0.717, 1.165) is 64.9 Å². The fraction of sp³-hybridized carbons (Fsp3) is 0.682. The minimum absolute atomic E-state index is 0. The molecule has 0 bridgehead atoms. The first-order chi connectivity index (χ1) is 13.8. The van der Waals surface area contributed by atoms with Gasteiger partial charge in [0.15, 0.2) is 5.96 Å². The first-order valence-corrected chi connectivity index (χ1v) is 10.6. The summed E-state index contributed by atoms with van der Waals surface area (Å²) in [6.07, 6.45) is 2.09.